The number of amides is 4. The lowest BCUT2D eigenvalue weighted by atomic mass is 9.84. The Hall–Kier alpha value is -3.54. The minimum Gasteiger partial charge on any atom is -0.464 e. The summed E-state index contributed by atoms with van der Waals surface area (Å²) in [6, 6.07) is 7.41. The van der Waals surface area contributed by atoms with E-state index in [-0.39, 0.29) is 85.1 Å². The molecule has 1 aromatic carbocycles. The molecule has 16 nitrogen and oxygen atoms in total. The first-order valence-corrected chi connectivity index (χ1v) is 23.4. The number of esters is 1. The van der Waals surface area contributed by atoms with Crippen molar-refractivity contribution in [2.24, 2.45) is 11.3 Å². The van der Waals surface area contributed by atoms with Crippen LogP contribution in [0.5, 0.6) is 0 Å². The van der Waals surface area contributed by atoms with Crippen molar-refractivity contribution in [2.75, 3.05) is 60.3 Å². The summed E-state index contributed by atoms with van der Waals surface area (Å²) in [6.07, 6.45) is 3.25. The zero-order valence-electron chi connectivity index (χ0n) is 40.3. The quantitative estimate of drug-likeness (QED) is 0.204. The lowest BCUT2D eigenvalue weighted by Crippen LogP contribution is -2.71. The number of aromatic nitrogens is 3. The number of likely N-dealkylation sites (N-methyl/N-ethyl adjacent to an activating group) is 1. The van der Waals surface area contributed by atoms with Gasteiger partial charge in [0.05, 0.1) is 61.2 Å². The monoisotopic (exact) mass is 1030 g/mol. The van der Waals surface area contributed by atoms with Gasteiger partial charge in [-0.2, -0.15) is 54.0 Å². The molecule has 1 spiro atoms. The summed E-state index contributed by atoms with van der Waals surface area (Å²) in [5.41, 5.74) is 8.78. The molecule has 2 N–H and O–H groups in total. The fourth-order valence-corrected chi connectivity index (χ4v) is 10.5. The molecule has 3 saturated heterocycles. The zero-order chi connectivity index (χ0) is 45.5. The molecule has 4 aliphatic heterocycles. The summed E-state index contributed by atoms with van der Waals surface area (Å²) in [5.74, 6) is -1.61. The van der Waals surface area contributed by atoms with Crippen LogP contribution in [0.4, 0.5) is 4.79 Å². The number of cyclic esters (lactones) is 1. The highest BCUT2D eigenvalue weighted by Crippen LogP contribution is 2.42. The number of hydrogen-bond acceptors (Lipinski definition) is 12. The predicted molar refractivity (Wildman–Crippen MR) is 284 cm³/mol. The van der Waals surface area contributed by atoms with Gasteiger partial charge in [-0.15, -0.1) is 11.3 Å². The van der Waals surface area contributed by atoms with E-state index in [1.165, 1.54) is 21.2 Å². The first-order chi connectivity index (χ1) is 30.6. The molecule has 0 radical (unpaired) electrons. The van der Waals surface area contributed by atoms with Crippen molar-refractivity contribution in [1.82, 2.24) is 40.1 Å². The van der Waals surface area contributed by atoms with E-state index in [9.17, 15) is 19.2 Å². The number of hydrazine groups is 1. The number of thiazole rings is 1. The van der Waals surface area contributed by atoms with Crippen LogP contribution in [0.15, 0.2) is 41.9 Å². The highest BCUT2D eigenvalue weighted by atomic mass is 32.1. The minimum absolute atomic E-state index is 0. The van der Waals surface area contributed by atoms with E-state index in [4.69, 9.17) is 28.9 Å². The van der Waals surface area contributed by atoms with Gasteiger partial charge < -0.3 is 38.6 Å². The van der Waals surface area contributed by atoms with E-state index in [0.29, 0.717) is 70.3 Å². The lowest BCUT2D eigenvalue weighted by molar-refractivity contribution is -0.182. The third kappa shape index (κ3) is 11.3. The van der Waals surface area contributed by atoms with Crippen molar-refractivity contribution in [2.45, 2.75) is 104 Å². The van der Waals surface area contributed by atoms with E-state index >= 15 is 0 Å². The molecule has 8 rings (SSSR count). The van der Waals surface area contributed by atoms with Gasteiger partial charge >= 0.3 is 12.0 Å². The number of benzene rings is 1. The molecule has 0 aliphatic carbocycles. The Labute approximate surface area is 431 Å². The second-order valence-corrected chi connectivity index (χ2v) is 19.7. The van der Waals surface area contributed by atoms with Crippen LogP contribution in [0.3, 0.4) is 0 Å². The van der Waals surface area contributed by atoms with Crippen LogP contribution in [0.25, 0.3) is 33.4 Å². The molecule has 7 heterocycles. The summed E-state index contributed by atoms with van der Waals surface area (Å²) < 4.78 is 25.5. The molecule has 4 atom stereocenters. The molecule has 4 aromatic rings. The Morgan fingerprint density at radius 2 is 1.78 bits per heavy atom. The number of hydrogen-bond donors (Lipinski definition) is 2. The molecule has 376 valence electrons. The van der Waals surface area contributed by atoms with Crippen LogP contribution in [0.2, 0.25) is 0 Å². The average molecular weight is 1040 g/mol. The van der Waals surface area contributed by atoms with Crippen molar-refractivity contribution in [3.8, 4) is 22.5 Å². The second-order valence-electron chi connectivity index (χ2n) is 18.8. The molecular weight excluding hydrogens is 965 g/mol. The smallest absolute Gasteiger partial charge is 0.324 e. The molecule has 68 heavy (non-hydrogen) atoms. The molecule has 0 unspecified atom stereocenters. The highest BCUT2D eigenvalue weighted by molar-refractivity contribution is 7.59. The molecule has 21 heteroatoms. The number of morpholine rings is 1. The van der Waals surface area contributed by atoms with Gasteiger partial charge in [-0.05, 0) is 68.9 Å². The van der Waals surface area contributed by atoms with Crippen LogP contribution >= 0.6 is 65.3 Å². The van der Waals surface area contributed by atoms with E-state index in [2.05, 4.69) is 60.3 Å². The minimum atomic E-state index is -1.07. The number of carbonyl (C=O) groups excluding carboxylic acids is 4. The van der Waals surface area contributed by atoms with E-state index in [1.54, 1.807) is 25.3 Å². The maximum Gasteiger partial charge on any atom is 0.324 e. The van der Waals surface area contributed by atoms with Gasteiger partial charge in [0.15, 0.2) is 0 Å². The first-order valence-electron chi connectivity index (χ1n) is 22.5. The normalized spacial score (nSPS) is 20.8. The van der Waals surface area contributed by atoms with Gasteiger partial charge in [0.2, 0.25) is 5.91 Å². The third-order valence-corrected chi connectivity index (χ3v) is 14.0. The second kappa shape index (κ2) is 23.6. The number of carbonyl (C=O) groups is 4. The van der Waals surface area contributed by atoms with Gasteiger partial charge in [-0.3, -0.25) is 24.4 Å². The summed E-state index contributed by atoms with van der Waals surface area (Å²) in [6.45, 7) is 15.2. The van der Waals surface area contributed by atoms with Gasteiger partial charge in [-0.1, -0.05) is 33.8 Å². The molecule has 4 amide bonds. The SMILES string of the molecule is CCn1c(-c2cccnc2[C@H](C)OC)c2c3cc(ccc31)-c1csc(n1)C[C@H](NC(=O)[C@H](C(C)C)N(C)C(=O)N1CCOCC13COC3)C(=O)N1CCC[C@H](N1)C(=O)OCC(C)(C)C2.S.S.S.S. The summed E-state index contributed by atoms with van der Waals surface area (Å²) >= 11 is 1.42. The lowest BCUT2D eigenvalue weighted by Gasteiger charge is -2.52. The van der Waals surface area contributed by atoms with Crippen LogP contribution in [-0.2, 0) is 52.7 Å². The fraction of sp³-hybridized carbons (Fsp3) is 0.574. The van der Waals surface area contributed by atoms with Gasteiger partial charge in [0.25, 0.3) is 5.91 Å². The fourth-order valence-electron chi connectivity index (χ4n) is 9.66. The highest BCUT2D eigenvalue weighted by Gasteiger charge is 2.50. The van der Waals surface area contributed by atoms with Gasteiger partial charge in [0, 0.05) is 79.2 Å². The van der Waals surface area contributed by atoms with Gasteiger partial charge in [-0.25, -0.2) is 15.2 Å². The number of pyridine rings is 1. The largest absolute Gasteiger partial charge is 0.464 e. The van der Waals surface area contributed by atoms with Crippen LogP contribution in [-0.4, -0.2) is 137 Å². The predicted octanol–water partition coefficient (Wildman–Crippen LogP) is 5.83. The van der Waals surface area contributed by atoms with Crippen molar-refractivity contribution in [3.05, 3.63) is 58.2 Å². The number of urea groups is 1. The number of ether oxygens (including phenoxy) is 4. The Morgan fingerprint density at radius 3 is 2.46 bits per heavy atom. The Bertz CT molecular complexity index is 2410. The third-order valence-electron chi connectivity index (χ3n) is 13.1. The molecule has 4 aliphatic rings. The number of nitrogens with one attached hydrogen (secondary N) is 2. The van der Waals surface area contributed by atoms with Crippen LogP contribution < -0.4 is 10.7 Å². The molecule has 3 aromatic heterocycles. The van der Waals surface area contributed by atoms with Crippen molar-refractivity contribution < 1.29 is 38.1 Å². The molecule has 6 bridgehead atoms. The topological polar surface area (TPSA) is 170 Å². The Morgan fingerprint density at radius 1 is 1.04 bits per heavy atom. The number of nitrogens with zero attached hydrogens (tertiary/aromatic N) is 6. The van der Waals surface area contributed by atoms with E-state index in [0.717, 1.165) is 44.7 Å². The Kier molecular flexibility index (Phi) is 19.8. The number of rotatable bonds is 8. The number of methoxy groups -OCH3 is 1. The molecule has 3 fully saturated rings. The maximum atomic E-state index is 14.6. The van der Waals surface area contributed by atoms with Crippen LogP contribution in [0, 0.1) is 11.3 Å². The Balaban J connectivity index is 0.00000252. The first kappa shape index (κ1) is 57.0. The number of aryl methyl sites for hydroxylation is 1. The average Bonchev–Trinajstić information content (AvgIpc) is 3.87. The maximum absolute atomic E-state index is 14.6. The van der Waals surface area contributed by atoms with Crippen LogP contribution in [0.1, 0.15) is 76.8 Å². The van der Waals surface area contributed by atoms with Crippen molar-refractivity contribution in [3.63, 3.8) is 0 Å². The van der Waals surface area contributed by atoms with E-state index in [1.807, 2.05) is 32.2 Å². The molecular formula is C47H70N8O8S5. The van der Waals surface area contributed by atoms with E-state index < -0.39 is 46.9 Å². The summed E-state index contributed by atoms with van der Waals surface area (Å²) in [7, 11) is 3.32. The summed E-state index contributed by atoms with van der Waals surface area (Å²) in [4.78, 5) is 70.3. The number of fused-ring (bicyclic) bond motifs is 6. The van der Waals surface area contributed by atoms with Crippen molar-refractivity contribution in [1.29, 1.82) is 0 Å². The summed E-state index contributed by atoms with van der Waals surface area (Å²) in [5, 5.41) is 8.18. The zero-order valence-corrected chi connectivity index (χ0v) is 45.1. The van der Waals surface area contributed by atoms with Gasteiger partial charge in [0.1, 0.15) is 23.7 Å². The standard InChI is InChI=1S/C47H62N8O8S.4H2S/c1-9-53-37-15-14-30-20-32(37)33(41(53)31-12-10-16-48-39(31)29(4)60-8)22-46(5,6)24-63-44(58)34-13-11-17-55(51-34)43(57)35(21-38-49-36(30)23-64-38)50-42(56)40(28(2)3)52(7)45(59)54-18-19-61-25-47(54)26-62-27-47;;;;/h10,12,14-16,20,23,28-29,34-35,40,51H,9,11,13,17-19,21-22,24-27H2,1-8H3,(H,50,56);4*1H2/t29-,34-,35-,40-;;;;/m0..../s1. The molecule has 0 saturated carbocycles. The van der Waals surface area contributed by atoms with Crippen molar-refractivity contribution >= 4 is 100 Å².